The Bertz CT molecular complexity index is 2480. The van der Waals surface area contributed by atoms with Crippen LogP contribution < -0.4 is 0 Å². The second-order valence-corrected chi connectivity index (χ2v) is 12.6. The minimum atomic E-state index is -0.605. The van der Waals surface area contributed by atoms with Gasteiger partial charge in [0.25, 0.3) is 0 Å². The Kier molecular flexibility index (Phi) is 7.18. The molecular formula is C47H33N3. The van der Waals surface area contributed by atoms with Crippen molar-refractivity contribution in [2.75, 3.05) is 0 Å². The molecule has 1 heterocycles. The van der Waals surface area contributed by atoms with Gasteiger partial charge < -0.3 is 4.57 Å². The molecule has 1 aliphatic carbocycles. The molecular weight excluding hydrogens is 607 g/mol. The zero-order valence-corrected chi connectivity index (χ0v) is 27.4. The fraction of sp³-hybridized carbons (Fsp3) is 0.0213. The number of hydrogen-bond acceptors (Lipinski definition) is 1. The maximum atomic E-state index is 5.46. The van der Waals surface area contributed by atoms with Crippen molar-refractivity contribution in [2.24, 2.45) is 9.98 Å². The minimum absolute atomic E-state index is 0.578. The van der Waals surface area contributed by atoms with Gasteiger partial charge in [0.2, 0.25) is 0 Å². The third-order valence-electron chi connectivity index (χ3n) is 10.0. The number of allylic oxidation sites excluding steroid dienone is 1. The highest BCUT2D eigenvalue weighted by Crippen LogP contribution is 2.58. The first-order valence-corrected chi connectivity index (χ1v) is 16.9. The number of hydrogen-bond donors (Lipinski definition) is 0. The van der Waals surface area contributed by atoms with E-state index in [2.05, 4.69) is 204 Å². The van der Waals surface area contributed by atoms with Crippen molar-refractivity contribution in [1.29, 1.82) is 0 Å². The Balaban J connectivity index is 1.27. The van der Waals surface area contributed by atoms with Crippen molar-refractivity contribution in [3.05, 3.63) is 221 Å². The topological polar surface area (TPSA) is 29.6 Å². The van der Waals surface area contributed by atoms with Crippen LogP contribution in [0.25, 0.3) is 38.8 Å². The lowest BCUT2D eigenvalue weighted by molar-refractivity contribution is 0.814. The van der Waals surface area contributed by atoms with Crippen LogP contribution in [0.1, 0.15) is 33.4 Å². The van der Waals surface area contributed by atoms with Crippen LogP contribution in [0.5, 0.6) is 0 Å². The van der Waals surface area contributed by atoms with Crippen molar-refractivity contribution in [1.82, 2.24) is 4.57 Å². The molecule has 0 radical (unpaired) electrons. The number of rotatable bonds is 6. The van der Waals surface area contributed by atoms with Crippen LogP contribution in [0, 0.1) is 0 Å². The summed E-state index contributed by atoms with van der Waals surface area (Å²) in [5, 5.41) is 2.48. The van der Waals surface area contributed by atoms with Gasteiger partial charge in [-0.2, -0.15) is 0 Å². The summed E-state index contributed by atoms with van der Waals surface area (Å²) in [4.78, 5) is 10.0. The number of para-hydroxylation sites is 2. The Morgan fingerprint density at radius 1 is 0.500 bits per heavy atom. The molecule has 0 unspecified atom stereocenters. The molecule has 0 spiro atoms. The van der Waals surface area contributed by atoms with E-state index in [4.69, 9.17) is 4.99 Å². The lowest BCUT2D eigenvalue weighted by Crippen LogP contribution is -2.29. The summed E-state index contributed by atoms with van der Waals surface area (Å²) >= 11 is 0. The summed E-state index contributed by atoms with van der Waals surface area (Å²) in [6.45, 7) is 4.03. The smallest absolute Gasteiger partial charge is 0.159 e. The fourth-order valence-electron chi connectivity index (χ4n) is 7.94. The fourth-order valence-corrected chi connectivity index (χ4v) is 7.94. The van der Waals surface area contributed by atoms with E-state index in [0.29, 0.717) is 5.84 Å². The first-order chi connectivity index (χ1) is 24.8. The quantitative estimate of drug-likeness (QED) is 0.128. The molecule has 3 heteroatoms. The molecule has 0 aliphatic heterocycles. The lowest BCUT2D eigenvalue weighted by atomic mass is 9.65. The summed E-state index contributed by atoms with van der Waals surface area (Å²) in [5.74, 6) is 0.578. The van der Waals surface area contributed by atoms with Crippen LogP contribution in [0.15, 0.2) is 198 Å². The van der Waals surface area contributed by atoms with Crippen LogP contribution in [-0.4, -0.2) is 17.1 Å². The highest BCUT2D eigenvalue weighted by atomic mass is 15.0. The SMILES string of the molecule is C=N/C(=N\C1=C(c2ccccc2)C(c2ccccc2)(c2ccccc2)c2ccccc21)c1ccc(-n2c3ccccc3c3ccccc32)cc1. The molecule has 0 fully saturated rings. The second-order valence-electron chi connectivity index (χ2n) is 12.6. The summed E-state index contributed by atoms with van der Waals surface area (Å²) in [6, 6.07) is 66.6. The lowest BCUT2D eigenvalue weighted by Gasteiger charge is -2.35. The normalized spacial score (nSPS) is 13.9. The molecule has 0 amide bonds. The predicted molar refractivity (Wildman–Crippen MR) is 209 cm³/mol. The monoisotopic (exact) mass is 639 g/mol. The number of fused-ring (bicyclic) bond motifs is 4. The summed E-state index contributed by atoms with van der Waals surface area (Å²) < 4.78 is 2.32. The van der Waals surface area contributed by atoms with Crippen LogP contribution in [0.3, 0.4) is 0 Å². The molecule has 0 atom stereocenters. The molecule has 9 rings (SSSR count). The van der Waals surface area contributed by atoms with Gasteiger partial charge in [0.15, 0.2) is 5.84 Å². The number of amidine groups is 1. The second kappa shape index (κ2) is 12.1. The highest BCUT2D eigenvalue weighted by molar-refractivity contribution is 6.12. The van der Waals surface area contributed by atoms with Gasteiger partial charge in [-0.1, -0.05) is 152 Å². The maximum Gasteiger partial charge on any atom is 0.159 e. The maximum absolute atomic E-state index is 5.46. The zero-order valence-electron chi connectivity index (χ0n) is 27.4. The van der Waals surface area contributed by atoms with Gasteiger partial charge in [-0.25, -0.2) is 9.98 Å². The van der Waals surface area contributed by atoms with Crippen molar-refractivity contribution in [3.63, 3.8) is 0 Å². The molecule has 7 aromatic carbocycles. The van der Waals surface area contributed by atoms with Gasteiger partial charge in [0.1, 0.15) is 0 Å². The van der Waals surface area contributed by atoms with Crippen LogP contribution in [0.2, 0.25) is 0 Å². The molecule has 1 aliphatic rings. The molecule has 0 saturated carbocycles. The summed E-state index contributed by atoms with van der Waals surface area (Å²) in [7, 11) is 0. The number of aliphatic imine (C=N–C) groups is 2. The van der Waals surface area contributed by atoms with Crippen LogP contribution in [0.4, 0.5) is 0 Å². The molecule has 8 aromatic rings. The van der Waals surface area contributed by atoms with E-state index in [1.165, 1.54) is 38.5 Å². The number of aromatic nitrogens is 1. The van der Waals surface area contributed by atoms with E-state index in [1.807, 2.05) is 0 Å². The van der Waals surface area contributed by atoms with Crippen molar-refractivity contribution < 1.29 is 0 Å². The highest BCUT2D eigenvalue weighted by Gasteiger charge is 2.48. The van der Waals surface area contributed by atoms with Gasteiger partial charge in [-0.15, -0.1) is 0 Å². The molecule has 0 saturated heterocycles. The zero-order chi connectivity index (χ0) is 33.5. The van der Waals surface area contributed by atoms with Crippen molar-refractivity contribution in [2.45, 2.75) is 5.41 Å². The molecule has 0 N–H and O–H groups in total. The molecule has 3 nitrogen and oxygen atoms in total. The van der Waals surface area contributed by atoms with E-state index < -0.39 is 5.41 Å². The van der Waals surface area contributed by atoms with E-state index in [0.717, 1.165) is 33.6 Å². The van der Waals surface area contributed by atoms with Crippen LogP contribution >= 0.6 is 0 Å². The van der Waals surface area contributed by atoms with E-state index in [-0.39, 0.29) is 0 Å². The van der Waals surface area contributed by atoms with Gasteiger partial charge >= 0.3 is 0 Å². The van der Waals surface area contributed by atoms with E-state index >= 15 is 0 Å². The van der Waals surface area contributed by atoms with Gasteiger partial charge in [-0.3, -0.25) is 0 Å². The average Bonchev–Trinajstić information content (AvgIpc) is 3.69. The Hall–Kier alpha value is -6.58. The first kappa shape index (κ1) is 29.6. The molecule has 1 aromatic heterocycles. The predicted octanol–water partition coefficient (Wildman–Crippen LogP) is 11.1. The largest absolute Gasteiger partial charge is 0.309 e. The van der Waals surface area contributed by atoms with Crippen molar-refractivity contribution >= 4 is 45.6 Å². The molecule has 50 heavy (non-hydrogen) atoms. The van der Waals surface area contributed by atoms with E-state index in [9.17, 15) is 0 Å². The number of nitrogens with zero attached hydrogens (tertiary/aromatic N) is 3. The average molecular weight is 640 g/mol. The Morgan fingerprint density at radius 2 is 1.00 bits per heavy atom. The summed E-state index contributed by atoms with van der Waals surface area (Å²) in [5.41, 5.74) is 11.5. The number of benzene rings is 7. The standard InChI is InChI=1S/C47H33N3/c1-48-46(34-29-31-37(32-30-34)50-42-27-15-12-23-38(42)39-24-13-16-28-43(39)50)49-45-40-25-11-14-26-41(40)47(35-19-7-3-8-20-35,36-21-9-4-10-22-36)44(45)33-17-5-2-6-18-33/h2-32H,1H2/b49-46-. The Morgan fingerprint density at radius 3 is 1.58 bits per heavy atom. The van der Waals surface area contributed by atoms with Gasteiger partial charge in [0.05, 0.1) is 22.1 Å². The first-order valence-electron chi connectivity index (χ1n) is 16.9. The molecule has 236 valence electrons. The summed E-state index contributed by atoms with van der Waals surface area (Å²) in [6.07, 6.45) is 0. The van der Waals surface area contributed by atoms with E-state index in [1.54, 1.807) is 0 Å². The third kappa shape index (κ3) is 4.52. The van der Waals surface area contributed by atoms with Crippen molar-refractivity contribution in [3.8, 4) is 5.69 Å². The van der Waals surface area contributed by atoms with Gasteiger partial charge in [0, 0.05) is 33.2 Å². The third-order valence-corrected chi connectivity index (χ3v) is 10.0. The minimum Gasteiger partial charge on any atom is -0.309 e. The van der Waals surface area contributed by atoms with Gasteiger partial charge in [-0.05, 0) is 65.4 Å². The Labute approximate surface area is 291 Å². The molecule has 0 bridgehead atoms. The van der Waals surface area contributed by atoms with Crippen LogP contribution in [-0.2, 0) is 5.41 Å².